The lowest BCUT2D eigenvalue weighted by Gasteiger charge is -2.21. The lowest BCUT2D eigenvalue weighted by Crippen LogP contribution is -2.32. The molecule has 0 aliphatic heterocycles. The fourth-order valence-electron chi connectivity index (χ4n) is 3.40. The smallest absolute Gasteiger partial charge is 0.294 e. The van der Waals surface area contributed by atoms with E-state index >= 15 is 0 Å². The number of aryl methyl sites for hydroxylation is 3. The molecule has 0 radical (unpaired) electrons. The number of nitrogens with zero attached hydrogens (tertiary/aromatic N) is 2. The molecule has 5 heteroatoms. The minimum absolute atomic E-state index is 0.232. The Hall–Kier alpha value is -3.26. The van der Waals surface area contributed by atoms with Gasteiger partial charge in [-0.25, -0.2) is 0 Å². The lowest BCUT2D eigenvalue weighted by molar-refractivity contribution is 0.0962. The van der Waals surface area contributed by atoms with Gasteiger partial charge in [-0.3, -0.25) is 4.79 Å². The van der Waals surface area contributed by atoms with Gasteiger partial charge in [0.1, 0.15) is 11.3 Å². The fraction of sp³-hybridized carbons (Fsp3) is 0.304. The number of fused-ring (bicyclic) bond motifs is 1. The van der Waals surface area contributed by atoms with E-state index in [9.17, 15) is 4.79 Å². The molecule has 144 valence electrons. The number of amides is 1. The molecule has 0 aliphatic carbocycles. The molecular weight excluding hydrogens is 352 g/mol. The largest absolute Gasteiger partial charge is 0.494 e. The number of carbonyl (C=O) groups excluding carboxylic acids is 1. The summed E-state index contributed by atoms with van der Waals surface area (Å²) in [6, 6.07) is 13.5. The molecule has 0 fully saturated rings. The maximum atomic E-state index is 13.4. The summed E-state index contributed by atoms with van der Waals surface area (Å²) in [4.78, 5) is 15.0. The second-order valence-corrected chi connectivity index (χ2v) is 6.75. The zero-order valence-corrected chi connectivity index (χ0v) is 16.7. The Balaban J connectivity index is 2.04. The number of hydrogen-bond donors (Lipinski definition) is 0. The summed E-state index contributed by atoms with van der Waals surface area (Å²) < 4.78 is 11.5. The van der Waals surface area contributed by atoms with Crippen molar-refractivity contribution in [1.29, 1.82) is 5.26 Å². The molecule has 28 heavy (non-hydrogen) atoms. The second kappa shape index (κ2) is 8.18. The third-order valence-electron chi connectivity index (χ3n) is 4.83. The van der Waals surface area contributed by atoms with Crippen molar-refractivity contribution in [2.75, 3.05) is 18.1 Å². The highest BCUT2D eigenvalue weighted by molar-refractivity contribution is 6.08. The van der Waals surface area contributed by atoms with Crippen molar-refractivity contribution in [3.05, 3.63) is 58.8 Å². The summed E-state index contributed by atoms with van der Waals surface area (Å²) in [5.74, 6) is 0.816. The highest BCUT2D eigenvalue weighted by Gasteiger charge is 2.25. The molecule has 0 saturated carbocycles. The summed E-state index contributed by atoms with van der Waals surface area (Å²) in [5, 5.41) is 10.0. The molecule has 1 heterocycles. The average molecular weight is 376 g/mol. The van der Waals surface area contributed by atoms with Crippen LogP contribution in [0.5, 0.6) is 5.75 Å². The summed E-state index contributed by atoms with van der Waals surface area (Å²) in [5.41, 5.74) is 4.34. The number of ether oxygens (including phenoxy) is 1. The Morgan fingerprint density at radius 2 is 1.79 bits per heavy atom. The van der Waals surface area contributed by atoms with Crippen molar-refractivity contribution < 1.29 is 13.9 Å². The van der Waals surface area contributed by atoms with Gasteiger partial charge < -0.3 is 14.1 Å². The van der Waals surface area contributed by atoms with E-state index in [1.807, 2.05) is 64.1 Å². The first-order chi connectivity index (χ1) is 13.5. The molecule has 1 aromatic heterocycles. The van der Waals surface area contributed by atoms with Crippen LogP contribution in [0.3, 0.4) is 0 Å². The molecule has 2 aromatic carbocycles. The van der Waals surface area contributed by atoms with Gasteiger partial charge in [0.2, 0.25) is 0 Å². The van der Waals surface area contributed by atoms with Gasteiger partial charge in [0, 0.05) is 23.2 Å². The van der Waals surface area contributed by atoms with E-state index in [0.717, 1.165) is 33.4 Å². The molecule has 0 N–H and O–H groups in total. The van der Waals surface area contributed by atoms with Gasteiger partial charge in [0.25, 0.3) is 5.91 Å². The van der Waals surface area contributed by atoms with Crippen molar-refractivity contribution in [2.45, 2.75) is 34.1 Å². The number of furan rings is 1. The molecule has 0 aliphatic rings. The van der Waals surface area contributed by atoms with Gasteiger partial charge >= 0.3 is 0 Å². The van der Waals surface area contributed by atoms with Crippen molar-refractivity contribution in [3.63, 3.8) is 0 Å². The number of nitriles is 1. The minimum atomic E-state index is -0.244. The molecule has 0 bridgehead atoms. The summed E-state index contributed by atoms with van der Waals surface area (Å²) >= 11 is 0. The van der Waals surface area contributed by atoms with Gasteiger partial charge in [0.15, 0.2) is 5.76 Å². The number of rotatable bonds is 6. The second-order valence-electron chi connectivity index (χ2n) is 6.75. The Bertz CT molecular complexity index is 1040. The van der Waals surface area contributed by atoms with E-state index in [1.54, 1.807) is 4.90 Å². The minimum Gasteiger partial charge on any atom is -0.494 e. The van der Waals surface area contributed by atoms with Gasteiger partial charge in [0.05, 0.1) is 19.1 Å². The van der Waals surface area contributed by atoms with Crippen molar-refractivity contribution >= 4 is 22.6 Å². The monoisotopic (exact) mass is 376 g/mol. The van der Waals surface area contributed by atoms with E-state index in [4.69, 9.17) is 14.4 Å². The van der Waals surface area contributed by atoms with Crippen LogP contribution in [0, 0.1) is 32.1 Å². The molecule has 1 amide bonds. The number of carbonyl (C=O) groups is 1. The zero-order chi connectivity index (χ0) is 20.3. The fourth-order valence-corrected chi connectivity index (χ4v) is 3.40. The molecule has 5 nitrogen and oxygen atoms in total. The Morgan fingerprint density at radius 1 is 1.11 bits per heavy atom. The third-order valence-corrected chi connectivity index (χ3v) is 4.83. The predicted molar refractivity (Wildman–Crippen MR) is 110 cm³/mol. The Kier molecular flexibility index (Phi) is 5.70. The topological polar surface area (TPSA) is 66.5 Å². The molecule has 0 unspecified atom stereocenters. The number of hydrogen-bond acceptors (Lipinski definition) is 4. The van der Waals surface area contributed by atoms with Crippen LogP contribution in [0.25, 0.3) is 11.0 Å². The van der Waals surface area contributed by atoms with Crippen molar-refractivity contribution in [2.24, 2.45) is 0 Å². The molecule has 3 rings (SSSR count). The first-order valence-corrected chi connectivity index (χ1v) is 9.38. The van der Waals surface area contributed by atoms with Crippen LogP contribution in [-0.2, 0) is 0 Å². The number of anilines is 1. The van der Waals surface area contributed by atoms with E-state index in [-0.39, 0.29) is 18.9 Å². The standard InChI is InChI=1S/C23H24N2O3/c1-5-27-19-11-9-18(10-12-19)25(14-6-13-24)23(26)22-17(4)20-15(2)7-8-16(3)21(20)28-22/h7-12H,5-6,14H2,1-4H3. The van der Waals surface area contributed by atoms with Gasteiger partial charge in [-0.05, 0) is 63.1 Å². The molecule has 0 spiro atoms. The van der Waals surface area contributed by atoms with Gasteiger partial charge in [-0.15, -0.1) is 0 Å². The van der Waals surface area contributed by atoms with Crippen molar-refractivity contribution in [3.8, 4) is 11.8 Å². The van der Waals surface area contributed by atoms with Crippen LogP contribution in [0.1, 0.15) is 40.6 Å². The normalized spacial score (nSPS) is 10.7. The summed E-state index contributed by atoms with van der Waals surface area (Å²) in [7, 11) is 0. The molecule has 3 aromatic rings. The van der Waals surface area contributed by atoms with E-state index in [1.165, 1.54) is 0 Å². The first kappa shape index (κ1) is 19.5. The van der Waals surface area contributed by atoms with Gasteiger partial charge in [-0.2, -0.15) is 5.26 Å². The van der Waals surface area contributed by atoms with Gasteiger partial charge in [-0.1, -0.05) is 12.1 Å². The quantitative estimate of drug-likeness (QED) is 0.584. The van der Waals surface area contributed by atoms with E-state index in [0.29, 0.717) is 18.1 Å². The SMILES string of the molecule is CCOc1ccc(N(CCC#N)C(=O)c2oc3c(C)ccc(C)c3c2C)cc1. The molecule has 0 atom stereocenters. The van der Waals surface area contributed by atoms with Crippen LogP contribution in [0.2, 0.25) is 0 Å². The number of benzene rings is 2. The van der Waals surface area contributed by atoms with Crippen LogP contribution < -0.4 is 9.64 Å². The maximum Gasteiger partial charge on any atom is 0.294 e. The lowest BCUT2D eigenvalue weighted by atomic mass is 10.0. The maximum absolute atomic E-state index is 13.4. The predicted octanol–water partition coefficient (Wildman–Crippen LogP) is 5.32. The van der Waals surface area contributed by atoms with Crippen LogP contribution >= 0.6 is 0 Å². The molecular formula is C23H24N2O3. The van der Waals surface area contributed by atoms with Crippen molar-refractivity contribution in [1.82, 2.24) is 0 Å². The average Bonchev–Trinajstić information content (AvgIpc) is 3.05. The van der Waals surface area contributed by atoms with E-state index < -0.39 is 0 Å². The third kappa shape index (κ3) is 3.59. The van der Waals surface area contributed by atoms with Crippen LogP contribution in [0.15, 0.2) is 40.8 Å². The first-order valence-electron chi connectivity index (χ1n) is 9.38. The molecule has 0 saturated heterocycles. The van der Waals surface area contributed by atoms with E-state index in [2.05, 4.69) is 6.07 Å². The Morgan fingerprint density at radius 3 is 2.39 bits per heavy atom. The Labute approximate surface area is 165 Å². The summed E-state index contributed by atoms with van der Waals surface area (Å²) in [6.07, 6.45) is 0.232. The highest BCUT2D eigenvalue weighted by atomic mass is 16.5. The van der Waals surface area contributed by atoms with Crippen LogP contribution in [0.4, 0.5) is 5.69 Å². The zero-order valence-electron chi connectivity index (χ0n) is 16.7. The van der Waals surface area contributed by atoms with Crippen LogP contribution in [-0.4, -0.2) is 19.1 Å². The summed E-state index contributed by atoms with van der Waals surface area (Å²) in [6.45, 7) is 8.68. The highest BCUT2D eigenvalue weighted by Crippen LogP contribution is 2.32.